The molecular formula is C26H20F8O3. The third kappa shape index (κ3) is 4.14. The molecule has 0 bridgehead atoms. The summed E-state index contributed by atoms with van der Waals surface area (Å²) in [5, 5.41) is 0. The van der Waals surface area contributed by atoms with Gasteiger partial charge in [0.2, 0.25) is 0 Å². The third-order valence-corrected chi connectivity index (χ3v) is 5.87. The van der Waals surface area contributed by atoms with E-state index in [9.17, 15) is 8.78 Å². The van der Waals surface area contributed by atoms with Gasteiger partial charge in [-0.3, -0.25) is 0 Å². The van der Waals surface area contributed by atoms with Crippen molar-refractivity contribution in [2.24, 2.45) is 0 Å². The molecule has 3 nitrogen and oxygen atoms in total. The van der Waals surface area contributed by atoms with Crippen molar-refractivity contribution in [3.63, 3.8) is 0 Å². The minimum Gasteiger partial charge on any atom is -0.491 e. The van der Waals surface area contributed by atoms with E-state index in [2.05, 4.69) is 0 Å². The summed E-state index contributed by atoms with van der Waals surface area (Å²) in [7, 11) is 0. The maximum absolute atomic E-state index is 15.4. The molecule has 0 aromatic heterocycles. The maximum atomic E-state index is 15.4. The fourth-order valence-corrected chi connectivity index (χ4v) is 4.15. The molecule has 198 valence electrons. The summed E-state index contributed by atoms with van der Waals surface area (Å²) in [6, 6.07) is 6.28. The lowest BCUT2D eigenvalue weighted by Crippen LogP contribution is -2.41. The Kier molecular flexibility index (Phi) is 6.54. The summed E-state index contributed by atoms with van der Waals surface area (Å²) in [5.74, 6) is -20.0. The van der Waals surface area contributed by atoms with Crippen LogP contribution in [0.2, 0.25) is 0 Å². The molecule has 1 atom stereocenters. The quantitative estimate of drug-likeness (QED) is 0.289. The Morgan fingerprint density at radius 2 is 1.16 bits per heavy atom. The van der Waals surface area contributed by atoms with Crippen molar-refractivity contribution in [2.75, 3.05) is 13.2 Å². The molecule has 0 saturated heterocycles. The Balaban J connectivity index is 1.82. The minimum absolute atomic E-state index is 0.121. The molecule has 0 N–H and O–H groups in total. The van der Waals surface area contributed by atoms with Crippen LogP contribution in [-0.4, -0.2) is 13.2 Å². The monoisotopic (exact) mass is 532 g/mol. The number of hydrogen-bond donors (Lipinski definition) is 0. The van der Waals surface area contributed by atoms with E-state index in [1.165, 1.54) is 6.92 Å². The average Bonchev–Trinajstić information content (AvgIpc) is 2.81. The third-order valence-electron chi connectivity index (χ3n) is 5.87. The standard InChI is InChI=1S/C26H20F8O3/c1-4-35-17-9-6-13(12-16(17)27)24(3,30)37-19-11-8-15-14-7-10-18(36-5-2)22(28)20(14)25(31,32)26(33,34)21(15)23(19)29/h6-12H,4-5H2,1-3H3/t24-/m0/s1. The van der Waals surface area contributed by atoms with Crippen molar-refractivity contribution >= 4 is 0 Å². The van der Waals surface area contributed by atoms with E-state index in [4.69, 9.17) is 14.2 Å². The van der Waals surface area contributed by atoms with Gasteiger partial charge in [-0.2, -0.15) is 22.0 Å². The van der Waals surface area contributed by atoms with Gasteiger partial charge in [0.05, 0.1) is 24.3 Å². The molecular weight excluding hydrogens is 512 g/mol. The lowest BCUT2D eigenvalue weighted by molar-refractivity contribution is -0.228. The van der Waals surface area contributed by atoms with Gasteiger partial charge >= 0.3 is 11.8 Å². The molecule has 37 heavy (non-hydrogen) atoms. The number of benzene rings is 3. The van der Waals surface area contributed by atoms with Crippen molar-refractivity contribution in [1.82, 2.24) is 0 Å². The van der Waals surface area contributed by atoms with Crippen LogP contribution in [-0.2, 0) is 17.7 Å². The zero-order chi connectivity index (χ0) is 27.3. The highest BCUT2D eigenvalue weighted by Gasteiger charge is 2.65. The molecule has 11 heteroatoms. The first kappa shape index (κ1) is 26.6. The van der Waals surface area contributed by atoms with Gasteiger partial charge in [0.1, 0.15) is 0 Å². The van der Waals surface area contributed by atoms with E-state index in [1.54, 1.807) is 6.92 Å². The van der Waals surface area contributed by atoms with E-state index >= 15 is 26.3 Å². The first-order valence-corrected chi connectivity index (χ1v) is 11.1. The fraction of sp³-hybridized carbons (Fsp3) is 0.308. The zero-order valence-electron chi connectivity index (χ0n) is 19.7. The van der Waals surface area contributed by atoms with Gasteiger partial charge in [-0.1, -0.05) is 0 Å². The van der Waals surface area contributed by atoms with Crippen molar-refractivity contribution < 1.29 is 49.3 Å². The number of rotatable bonds is 7. The molecule has 1 aliphatic rings. The largest absolute Gasteiger partial charge is 0.491 e. The molecule has 0 fully saturated rings. The second-order valence-corrected chi connectivity index (χ2v) is 8.28. The number of hydrogen-bond acceptors (Lipinski definition) is 3. The SMILES string of the molecule is CCOc1ccc([C@@](C)(F)Oc2ccc3c(c2F)C(F)(F)C(F)(F)c2c-3ccc(OCC)c2F)cc1F. The van der Waals surface area contributed by atoms with Crippen molar-refractivity contribution in [3.8, 4) is 28.4 Å². The molecule has 0 radical (unpaired) electrons. The van der Waals surface area contributed by atoms with Crippen LogP contribution >= 0.6 is 0 Å². The topological polar surface area (TPSA) is 27.7 Å². The van der Waals surface area contributed by atoms with E-state index in [-0.39, 0.29) is 19.0 Å². The van der Waals surface area contributed by atoms with Crippen molar-refractivity contribution in [1.29, 1.82) is 0 Å². The number of halogens is 8. The van der Waals surface area contributed by atoms with Gasteiger partial charge in [0.25, 0.3) is 5.85 Å². The van der Waals surface area contributed by atoms with Crippen molar-refractivity contribution in [3.05, 3.63) is 76.6 Å². The Hall–Kier alpha value is -3.50. The van der Waals surface area contributed by atoms with Crippen LogP contribution in [0.4, 0.5) is 35.1 Å². The first-order chi connectivity index (χ1) is 17.3. The average molecular weight is 532 g/mol. The first-order valence-electron chi connectivity index (χ1n) is 11.1. The predicted octanol–water partition coefficient (Wildman–Crippen LogP) is 7.99. The highest BCUT2D eigenvalue weighted by atomic mass is 19.3. The smallest absolute Gasteiger partial charge is 0.343 e. The number of ether oxygens (including phenoxy) is 3. The van der Waals surface area contributed by atoms with E-state index in [0.29, 0.717) is 6.07 Å². The normalized spacial score (nSPS) is 16.8. The molecule has 0 heterocycles. The van der Waals surface area contributed by atoms with Crippen molar-refractivity contribution in [2.45, 2.75) is 38.5 Å². The summed E-state index contributed by atoms with van der Waals surface area (Å²) >= 11 is 0. The molecule has 0 saturated carbocycles. The van der Waals surface area contributed by atoms with Gasteiger partial charge < -0.3 is 14.2 Å². The molecule has 1 aliphatic carbocycles. The molecule has 0 aliphatic heterocycles. The van der Waals surface area contributed by atoms with Crippen LogP contribution in [0.15, 0.2) is 42.5 Å². The van der Waals surface area contributed by atoms with E-state index < -0.39 is 74.5 Å². The van der Waals surface area contributed by atoms with Crippen LogP contribution in [0.25, 0.3) is 11.1 Å². The summed E-state index contributed by atoms with van der Waals surface area (Å²) in [6.45, 7) is 3.80. The predicted molar refractivity (Wildman–Crippen MR) is 117 cm³/mol. The van der Waals surface area contributed by atoms with E-state index in [1.807, 2.05) is 0 Å². The zero-order valence-corrected chi connectivity index (χ0v) is 19.7. The van der Waals surface area contributed by atoms with Gasteiger partial charge in [-0.25, -0.2) is 13.2 Å². The summed E-state index contributed by atoms with van der Waals surface area (Å²) < 4.78 is 135. The molecule has 4 rings (SSSR count). The van der Waals surface area contributed by atoms with Crippen LogP contribution in [0, 0.1) is 17.5 Å². The van der Waals surface area contributed by atoms with E-state index in [0.717, 1.165) is 43.3 Å². The Bertz CT molecular complexity index is 1350. The molecule has 0 unspecified atom stereocenters. The van der Waals surface area contributed by atoms with Crippen LogP contribution < -0.4 is 14.2 Å². The maximum Gasteiger partial charge on any atom is 0.343 e. The number of fused-ring (bicyclic) bond motifs is 3. The second-order valence-electron chi connectivity index (χ2n) is 8.28. The van der Waals surface area contributed by atoms with Crippen LogP contribution in [0.3, 0.4) is 0 Å². The van der Waals surface area contributed by atoms with Crippen LogP contribution in [0.5, 0.6) is 17.2 Å². The molecule has 0 spiro atoms. The van der Waals surface area contributed by atoms with Gasteiger partial charge in [0, 0.05) is 12.5 Å². The van der Waals surface area contributed by atoms with Gasteiger partial charge in [-0.05, 0) is 67.4 Å². The fourth-order valence-electron chi connectivity index (χ4n) is 4.15. The Morgan fingerprint density at radius 3 is 1.68 bits per heavy atom. The van der Waals surface area contributed by atoms with Crippen LogP contribution in [0.1, 0.15) is 37.5 Å². The second kappa shape index (κ2) is 9.11. The van der Waals surface area contributed by atoms with Gasteiger partial charge in [-0.15, -0.1) is 0 Å². The lowest BCUT2D eigenvalue weighted by atomic mass is 9.79. The highest BCUT2D eigenvalue weighted by molar-refractivity contribution is 5.78. The van der Waals surface area contributed by atoms with Gasteiger partial charge in [0.15, 0.2) is 34.7 Å². The molecule has 0 amide bonds. The lowest BCUT2D eigenvalue weighted by Gasteiger charge is -2.36. The Morgan fingerprint density at radius 1 is 0.703 bits per heavy atom. The summed E-state index contributed by atoms with van der Waals surface area (Å²) in [4.78, 5) is 0. The Labute approximate surface area is 206 Å². The summed E-state index contributed by atoms with van der Waals surface area (Å²) in [5.41, 5.74) is -5.32. The number of alkyl halides is 5. The summed E-state index contributed by atoms with van der Waals surface area (Å²) in [6.07, 6.45) is 0. The highest BCUT2D eigenvalue weighted by Crippen LogP contribution is 2.60. The molecule has 3 aromatic rings. The molecule has 3 aromatic carbocycles. The minimum atomic E-state index is -5.25.